The molecule has 0 heterocycles. The van der Waals surface area contributed by atoms with Crippen LogP contribution in [0, 0.1) is 17.3 Å². The van der Waals surface area contributed by atoms with E-state index in [2.05, 4.69) is 0 Å². The lowest BCUT2D eigenvalue weighted by molar-refractivity contribution is -0.187. The second-order valence-electron chi connectivity index (χ2n) is 6.22. The van der Waals surface area contributed by atoms with Crippen molar-refractivity contribution >= 4 is 5.97 Å². The van der Waals surface area contributed by atoms with Crippen LogP contribution in [-0.4, -0.2) is 18.8 Å². The highest BCUT2D eigenvalue weighted by atomic mass is 19.4. The van der Waals surface area contributed by atoms with Gasteiger partial charge in [-0.1, -0.05) is 20.8 Å². The molecule has 0 atom stereocenters. The Hall–Kier alpha value is -0.740. The topological polar surface area (TPSA) is 26.3 Å². The van der Waals surface area contributed by atoms with Crippen molar-refractivity contribution in [1.82, 2.24) is 0 Å². The van der Waals surface area contributed by atoms with Gasteiger partial charge >= 0.3 is 12.1 Å². The Morgan fingerprint density at radius 2 is 1.68 bits per heavy atom. The Kier molecular flexibility index (Phi) is 5.27. The van der Waals surface area contributed by atoms with E-state index in [4.69, 9.17) is 4.74 Å². The number of alkyl halides is 3. The molecular formula is C14H23F3O2. The minimum atomic E-state index is -4.13. The summed E-state index contributed by atoms with van der Waals surface area (Å²) < 4.78 is 42.7. The number of rotatable bonds is 4. The van der Waals surface area contributed by atoms with Gasteiger partial charge in [-0.3, -0.25) is 4.79 Å². The van der Waals surface area contributed by atoms with Gasteiger partial charge in [-0.15, -0.1) is 0 Å². The molecule has 0 saturated heterocycles. The molecule has 1 aliphatic rings. The van der Waals surface area contributed by atoms with E-state index >= 15 is 0 Å². The third kappa shape index (κ3) is 5.03. The fourth-order valence-corrected chi connectivity index (χ4v) is 2.14. The number of halogens is 3. The predicted octanol–water partition coefficient (Wildman–Crippen LogP) is 4.33. The molecule has 112 valence electrons. The molecule has 0 unspecified atom stereocenters. The van der Waals surface area contributed by atoms with Crippen molar-refractivity contribution in [1.29, 1.82) is 0 Å². The van der Waals surface area contributed by atoms with Crippen LogP contribution in [0.15, 0.2) is 0 Å². The van der Waals surface area contributed by atoms with E-state index in [9.17, 15) is 18.0 Å². The zero-order chi connectivity index (χ0) is 14.7. The van der Waals surface area contributed by atoms with Crippen molar-refractivity contribution in [2.75, 3.05) is 6.61 Å². The number of esters is 1. The summed E-state index contributed by atoms with van der Waals surface area (Å²) in [4.78, 5) is 11.8. The first kappa shape index (κ1) is 16.3. The minimum Gasteiger partial charge on any atom is -0.465 e. The Balaban J connectivity index is 2.37. The molecule has 0 N–H and O–H groups in total. The number of hydrogen-bond acceptors (Lipinski definition) is 2. The normalized spacial score (nSPS) is 25.2. The fourth-order valence-electron chi connectivity index (χ4n) is 2.14. The highest BCUT2D eigenvalue weighted by Gasteiger charge is 2.42. The molecular weight excluding hydrogens is 257 g/mol. The molecule has 0 bridgehead atoms. The largest absolute Gasteiger partial charge is 0.465 e. The maximum Gasteiger partial charge on any atom is 0.391 e. The summed E-state index contributed by atoms with van der Waals surface area (Å²) in [7, 11) is 0. The van der Waals surface area contributed by atoms with E-state index in [1.54, 1.807) is 0 Å². The second-order valence-corrected chi connectivity index (χ2v) is 6.22. The summed E-state index contributed by atoms with van der Waals surface area (Å²) in [6, 6.07) is 0. The van der Waals surface area contributed by atoms with Crippen LogP contribution in [0.25, 0.3) is 0 Å². The quantitative estimate of drug-likeness (QED) is 0.716. The average Bonchev–Trinajstić information content (AvgIpc) is 2.35. The van der Waals surface area contributed by atoms with E-state index in [1.807, 2.05) is 20.8 Å². The van der Waals surface area contributed by atoms with E-state index in [0.29, 0.717) is 6.61 Å². The first-order valence-corrected chi connectivity index (χ1v) is 6.89. The highest BCUT2D eigenvalue weighted by Crippen LogP contribution is 2.39. The lowest BCUT2D eigenvalue weighted by Gasteiger charge is -2.29. The molecule has 0 aliphatic heterocycles. The molecule has 0 amide bonds. The lowest BCUT2D eigenvalue weighted by Crippen LogP contribution is -2.32. The van der Waals surface area contributed by atoms with Gasteiger partial charge in [-0.25, -0.2) is 0 Å². The van der Waals surface area contributed by atoms with Gasteiger partial charge in [0.25, 0.3) is 0 Å². The van der Waals surface area contributed by atoms with Gasteiger partial charge in [-0.2, -0.15) is 13.2 Å². The van der Waals surface area contributed by atoms with Crippen molar-refractivity contribution in [3.8, 4) is 0 Å². The zero-order valence-corrected chi connectivity index (χ0v) is 11.8. The Morgan fingerprint density at radius 1 is 1.16 bits per heavy atom. The van der Waals surface area contributed by atoms with E-state index < -0.39 is 12.1 Å². The summed E-state index contributed by atoms with van der Waals surface area (Å²) in [5.41, 5.74) is -0.0706. The Morgan fingerprint density at radius 3 is 2.11 bits per heavy atom. The van der Waals surface area contributed by atoms with Crippen LogP contribution in [0.1, 0.15) is 52.9 Å². The molecule has 1 aliphatic carbocycles. The Bertz CT molecular complexity index is 302. The first-order chi connectivity index (χ1) is 8.65. The summed E-state index contributed by atoms with van der Waals surface area (Å²) in [5.74, 6) is -1.93. The van der Waals surface area contributed by atoms with Gasteiger partial charge in [-0.05, 0) is 37.5 Å². The molecule has 1 saturated carbocycles. The third-order valence-electron chi connectivity index (χ3n) is 4.09. The van der Waals surface area contributed by atoms with Crippen LogP contribution in [0.2, 0.25) is 0 Å². The van der Waals surface area contributed by atoms with Gasteiger partial charge in [0.05, 0.1) is 18.4 Å². The maximum absolute atomic E-state index is 12.5. The summed E-state index contributed by atoms with van der Waals surface area (Å²) in [6.45, 7) is 6.35. The van der Waals surface area contributed by atoms with E-state index in [1.165, 1.54) is 0 Å². The minimum absolute atomic E-state index is 0.0421. The van der Waals surface area contributed by atoms with Crippen molar-refractivity contribution in [2.45, 2.75) is 59.1 Å². The number of carbonyl (C=O) groups is 1. The molecule has 19 heavy (non-hydrogen) atoms. The predicted molar refractivity (Wildman–Crippen MR) is 66.5 cm³/mol. The molecule has 1 fully saturated rings. The summed E-state index contributed by atoms with van der Waals surface area (Å²) in [5, 5.41) is 0. The van der Waals surface area contributed by atoms with E-state index in [0.717, 1.165) is 6.42 Å². The van der Waals surface area contributed by atoms with Crippen molar-refractivity contribution < 1.29 is 22.7 Å². The van der Waals surface area contributed by atoms with Crippen molar-refractivity contribution in [3.05, 3.63) is 0 Å². The summed E-state index contributed by atoms with van der Waals surface area (Å²) in [6.07, 6.45) is -2.58. The highest BCUT2D eigenvalue weighted by molar-refractivity contribution is 5.72. The monoisotopic (exact) mass is 280 g/mol. The van der Waals surface area contributed by atoms with Gasteiger partial charge in [0.2, 0.25) is 0 Å². The van der Waals surface area contributed by atoms with Crippen LogP contribution in [0.5, 0.6) is 0 Å². The first-order valence-electron chi connectivity index (χ1n) is 6.89. The number of ether oxygens (including phenoxy) is 1. The van der Waals surface area contributed by atoms with Crippen LogP contribution in [0.4, 0.5) is 13.2 Å². The van der Waals surface area contributed by atoms with Gasteiger partial charge in [0.1, 0.15) is 0 Å². The van der Waals surface area contributed by atoms with Crippen LogP contribution >= 0.6 is 0 Å². The molecule has 2 nitrogen and oxygen atoms in total. The van der Waals surface area contributed by atoms with Gasteiger partial charge < -0.3 is 4.74 Å². The number of carbonyl (C=O) groups excluding carboxylic acids is 1. The Labute approximate surface area is 112 Å². The zero-order valence-electron chi connectivity index (χ0n) is 11.8. The van der Waals surface area contributed by atoms with Crippen LogP contribution in [-0.2, 0) is 9.53 Å². The average molecular weight is 280 g/mol. The van der Waals surface area contributed by atoms with Crippen molar-refractivity contribution in [3.63, 3.8) is 0 Å². The molecule has 0 spiro atoms. The van der Waals surface area contributed by atoms with E-state index in [-0.39, 0.29) is 43.0 Å². The van der Waals surface area contributed by atoms with Gasteiger partial charge in [0.15, 0.2) is 0 Å². The molecule has 1 rings (SSSR count). The lowest BCUT2D eigenvalue weighted by atomic mass is 9.81. The van der Waals surface area contributed by atoms with Crippen LogP contribution < -0.4 is 0 Å². The van der Waals surface area contributed by atoms with Gasteiger partial charge in [0, 0.05) is 0 Å². The fraction of sp³-hybridized carbons (Fsp3) is 0.929. The second kappa shape index (κ2) is 6.14. The molecule has 0 aromatic heterocycles. The summed E-state index contributed by atoms with van der Waals surface area (Å²) >= 11 is 0. The SMILES string of the molecule is CCC(C)(C)COC(=O)C1CCC(C(F)(F)F)CC1. The molecule has 0 aromatic rings. The molecule has 5 heteroatoms. The van der Waals surface area contributed by atoms with Crippen molar-refractivity contribution in [2.24, 2.45) is 17.3 Å². The molecule has 0 aromatic carbocycles. The van der Waals surface area contributed by atoms with Crippen LogP contribution in [0.3, 0.4) is 0 Å². The smallest absolute Gasteiger partial charge is 0.391 e. The molecule has 0 radical (unpaired) electrons. The maximum atomic E-state index is 12.5. The standard InChI is InChI=1S/C14H23F3O2/c1-4-13(2,3)9-19-12(18)10-5-7-11(8-6-10)14(15,16)17/h10-11H,4-9H2,1-3H3. The number of hydrogen-bond donors (Lipinski definition) is 0. The third-order valence-corrected chi connectivity index (χ3v) is 4.09.